The zero-order valence-electron chi connectivity index (χ0n) is 11.7. The van der Waals surface area contributed by atoms with Crippen molar-refractivity contribution in [1.29, 1.82) is 0 Å². The Morgan fingerprint density at radius 3 is 3.05 bits per heavy atom. The topological polar surface area (TPSA) is 37.8 Å². The highest BCUT2D eigenvalue weighted by Crippen LogP contribution is 2.37. The van der Waals surface area contributed by atoms with E-state index in [1.165, 1.54) is 48.4 Å². The number of fused-ring (bicyclic) bond motifs is 1. The number of aryl methyl sites for hydroxylation is 1. The quantitative estimate of drug-likeness (QED) is 0.921. The number of nitrogens with zero attached hydrogens (tertiary/aromatic N) is 2. The lowest BCUT2D eigenvalue weighted by Gasteiger charge is -2.24. The van der Waals surface area contributed by atoms with Gasteiger partial charge in [0.2, 0.25) is 0 Å². The predicted molar refractivity (Wildman–Crippen MR) is 80.5 cm³/mol. The van der Waals surface area contributed by atoms with Crippen LogP contribution in [0, 0.1) is 0 Å². The number of hydrogen-bond acceptors (Lipinski definition) is 4. The largest absolute Gasteiger partial charge is 0.311 e. The molecule has 104 valence electrons. The standard InChI is InChI=1S/C15H23N3S/c1-2-5-12-11-7-8-16-10-13(11)18-15(17-12)14-6-3-4-9-19-14/h14,16H,2-10H2,1H3. The summed E-state index contributed by atoms with van der Waals surface area (Å²) in [4.78, 5) is 9.83. The highest BCUT2D eigenvalue weighted by Gasteiger charge is 2.23. The molecule has 1 unspecified atom stereocenters. The maximum Gasteiger partial charge on any atom is 0.141 e. The predicted octanol–water partition coefficient (Wildman–Crippen LogP) is 3.03. The smallest absolute Gasteiger partial charge is 0.141 e. The molecule has 3 heterocycles. The van der Waals surface area contributed by atoms with E-state index in [0.717, 1.165) is 31.8 Å². The Morgan fingerprint density at radius 2 is 2.26 bits per heavy atom. The van der Waals surface area contributed by atoms with Gasteiger partial charge in [0.25, 0.3) is 0 Å². The van der Waals surface area contributed by atoms with Gasteiger partial charge < -0.3 is 5.32 Å². The molecule has 2 aliphatic rings. The second-order valence-electron chi connectivity index (χ2n) is 5.49. The van der Waals surface area contributed by atoms with Crippen molar-refractivity contribution < 1.29 is 0 Å². The molecule has 0 radical (unpaired) electrons. The van der Waals surface area contributed by atoms with E-state index in [0.29, 0.717) is 5.25 Å². The summed E-state index contributed by atoms with van der Waals surface area (Å²) in [5.74, 6) is 2.38. The molecule has 0 aromatic carbocycles. The number of rotatable bonds is 3. The van der Waals surface area contributed by atoms with Crippen LogP contribution in [0.15, 0.2) is 0 Å². The van der Waals surface area contributed by atoms with Crippen molar-refractivity contribution in [3.63, 3.8) is 0 Å². The Hall–Kier alpha value is -0.610. The molecule has 1 N–H and O–H groups in total. The fraction of sp³-hybridized carbons (Fsp3) is 0.733. The Kier molecular flexibility index (Phi) is 4.38. The molecule has 0 saturated carbocycles. The van der Waals surface area contributed by atoms with E-state index in [1.54, 1.807) is 0 Å². The summed E-state index contributed by atoms with van der Waals surface area (Å²) in [6.07, 6.45) is 7.32. The summed E-state index contributed by atoms with van der Waals surface area (Å²) in [5.41, 5.74) is 4.03. The fourth-order valence-corrected chi connectivity index (χ4v) is 4.23. The van der Waals surface area contributed by atoms with Gasteiger partial charge >= 0.3 is 0 Å². The average Bonchev–Trinajstić information content (AvgIpc) is 2.48. The normalized spacial score (nSPS) is 23.1. The first-order valence-corrected chi connectivity index (χ1v) is 8.64. The molecule has 1 aromatic heterocycles. The minimum Gasteiger partial charge on any atom is -0.311 e. The first-order chi connectivity index (χ1) is 9.38. The third kappa shape index (κ3) is 2.95. The molecule has 0 bridgehead atoms. The third-order valence-corrected chi connectivity index (χ3v) is 5.37. The monoisotopic (exact) mass is 277 g/mol. The third-order valence-electron chi connectivity index (χ3n) is 3.99. The molecule has 19 heavy (non-hydrogen) atoms. The number of thioether (sulfide) groups is 1. The van der Waals surface area contributed by atoms with Crippen molar-refractivity contribution in [2.45, 2.75) is 57.2 Å². The summed E-state index contributed by atoms with van der Waals surface area (Å²) in [6.45, 7) is 4.24. The van der Waals surface area contributed by atoms with Crippen LogP contribution in [0.2, 0.25) is 0 Å². The molecular weight excluding hydrogens is 254 g/mol. The van der Waals surface area contributed by atoms with Gasteiger partial charge in [-0.15, -0.1) is 0 Å². The van der Waals surface area contributed by atoms with E-state index < -0.39 is 0 Å². The van der Waals surface area contributed by atoms with E-state index in [-0.39, 0.29) is 0 Å². The summed E-state index contributed by atoms with van der Waals surface area (Å²) in [6, 6.07) is 0. The minimum atomic E-state index is 0.539. The van der Waals surface area contributed by atoms with Crippen LogP contribution in [0.4, 0.5) is 0 Å². The van der Waals surface area contributed by atoms with Gasteiger partial charge in [-0.1, -0.05) is 19.8 Å². The zero-order chi connectivity index (χ0) is 13.1. The lowest BCUT2D eigenvalue weighted by atomic mass is 10.0. The van der Waals surface area contributed by atoms with Gasteiger partial charge in [0.15, 0.2) is 0 Å². The molecular formula is C15H23N3S. The molecule has 0 aliphatic carbocycles. The molecule has 1 fully saturated rings. The molecule has 0 spiro atoms. The molecule has 4 heteroatoms. The van der Waals surface area contributed by atoms with Crippen molar-refractivity contribution in [2.24, 2.45) is 0 Å². The number of aromatic nitrogens is 2. The number of hydrogen-bond donors (Lipinski definition) is 1. The van der Waals surface area contributed by atoms with Gasteiger partial charge in [-0.25, -0.2) is 9.97 Å². The maximum atomic E-state index is 4.94. The summed E-state index contributed by atoms with van der Waals surface area (Å²) >= 11 is 2.05. The van der Waals surface area contributed by atoms with E-state index >= 15 is 0 Å². The highest BCUT2D eigenvalue weighted by atomic mass is 32.2. The van der Waals surface area contributed by atoms with Gasteiger partial charge in [0, 0.05) is 12.2 Å². The summed E-state index contributed by atoms with van der Waals surface area (Å²) in [5, 5.41) is 3.98. The van der Waals surface area contributed by atoms with E-state index in [9.17, 15) is 0 Å². The van der Waals surface area contributed by atoms with Crippen LogP contribution in [-0.2, 0) is 19.4 Å². The fourth-order valence-electron chi connectivity index (χ4n) is 2.99. The van der Waals surface area contributed by atoms with E-state index in [2.05, 4.69) is 12.2 Å². The van der Waals surface area contributed by atoms with Crippen molar-refractivity contribution in [3.8, 4) is 0 Å². The van der Waals surface area contributed by atoms with Crippen molar-refractivity contribution >= 4 is 11.8 Å². The van der Waals surface area contributed by atoms with Crippen LogP contribution >= 0.6 is 11.8 Å². The maximum absolute atomic E-state index is 4.94. The molecule has 2 aliphatic heterocycles. The molecule has 1 saturated heterocycles. The van der Waals surface area contributed by atoms with Gasteiger partial charge in [-0.05, 0) is 43.5 Å². The summed E-state index contributed by atoms with van der Waals surface area (Å²) < 4.78 is 0. The first kappa shape index (κ1) is 13.4. The van der Waals surface area contributed by atoms with E-state index in [1.807, 2.05) is 11.8 Å². The highest BCUT2D eigenvalue weighted by molar-refractivity contribution is 7.99. The van der Waals surface area contributed by atoms with Crippen LogP contribution in [0.25, 0.3) is 0 Å². The second-order valence-corrected chi connectivity index (χ2v) is 6.80. The van der Waals surface area contributed by atoms with Crippen LogP contribution < -0.4 is 5.32 Å². The molecule has 1 aromatic rings. The Bertz CT molecular complexity index is 441. The van der Waals surface area contributed by atoms with Gasteiger partial charge in [-0.2, -0.15) is 11.8 Å². The van der Waals surface area contributed by atoms with Crippen molar-refractivity contribution in [1.82, 2.24) is 15.3 Å². The first-order valence-electron chi connectivity index (χ1n) is 7.59. The van der Waals surface area contributed by atoms with Crippen LogP contribution in [-0.4, -0.2) is 22.3 Å². The van der Waals surface area contributed by atoms with E-state index in [4.69, 9.17) is 9.97 Å². The SMILES string of the molecule is CCCc1nc(C2CCCCS2)nc2c1CCNC2. The van der Waals surface area contributed by atoms with Gasteiger partial charge in [0.1, 0.15) is 5.82 Å². The minimum absolute atomic E-state index is 0.539. The molecule has 3 rings (SSSR count). The van der Waals surface area contributed by atoms with Crippen LogP contribution in [0.5, 0.6) is 0 Å². The lowest BCUT2D eigenvalue weighted by molar-refractivity contribution is 0.593. The Morgan fingerprint density at radius 1 is 1.32 bits per heavy atom. The Labute approximate surface area is 120 Å². The lowest BCUT2D eigenvalue weighted by Crippen LogP contribution is -2.27. The Balaban J connectivity index is 1.93. The molecule has 1 atom stereocenters. The van der Waals surface area contributed by atoms with Crippen molar-refractivity contribution in [3.05, 3.63) is 22.8 Å². The van der Waals surface area contributed by atoms with Gasteiger partial charge in [0.05, 0.1) is 10.9 Å². The summed E-state index contributed by atoms with van der Waals surface area (Å²) in [7, 11) is 0. The molecule has 3 nitrogen and oxygen atoms in total. The second kappa shape index (κ2) is 6.23. The van der Waals surface area contributed by atoms with Gasteiger partial charge in [-0.3, -0.25) is 0 Å². The van der Waals surface area contributed by atoms with Crippen LogP contribution in [0.1, 0.15) is 60.6 Å². The number of nitrogens with one attached hydrogen (secondary N) is 1. The zero-order valence-corrected chi connectivity index (χ0v) is 12.6. The van der Waals surface area contributed by atoms with Crippen molar-refractivity contribution in [2.75, 3.05) is 12.3 Å². The molecule has 0 amide bonds. The van der Waals surface area contributed by atoms with Crippen LogP contribution in [0.3, 0.4) is 0 Å². The average molecular weight is 277 g/mol.